The van der Waals surface area contributed by atoms with Gasteiger partial charge in [-0.15, -0.1) is 23.6 Å². The summed E-state index contributed by atoms with van der Waals surface area (Å²) in [5.74, 6) is 0. The first kappa shape index (κ1) is 36.2. The predicted molar refractivity (Wildman–Crippen MR) is 150 cm³/mol. The molecule has 0 saturated carbocycles. The van der Waals surface area contributed by atoms with Gasteiger partial charge in [0, 0.05) is 0 Å². The average Bonchev–Trinajstić information content (AvgIpc) is 2.65. The van der Waals surface area contributed by atoms with Crippen molar-refractivity contribution in [2.45, 2.75) is 118 Å². The SMILES string of the molecule is CCCCCCCP(=S)([S-])CCCC.CCCCCCCP(=S)([S-])CCCC.[Zn+2]. The van der Waals surface area contributed by atoms with Crippen molar-refractivity contribution in [3.8, 4) is 0 Å². The van der Waals surface area contributed by atoms with Crippen LogP contribution in [-0.4, -0.2) is 24.6 Å². The van der Waals surface area contributed by atoms with Crippen molar-refractivity contribution in [2.24, 2.45) is 0 Å². The summed E-state index contributed by atoms with van der Waals surface area (Å²) in [6, 6.07) is 0. The minimum atomic E-state index is -1.34. The molecule has 2 unspecified atom stereocenters. The Morgan fingerprint density at radius 3 is 0.966 bits per heavy atom. The van der Waals surface area contributed by atoms with Crippen LogP contribution in [0.1, 0.15) is 118 Å². The molecule has 0 nitrogen and oxygen atoms in total. The Labute approximate surface area is 218 Å². The van der Waals surface area contributed by atoms with E-state index in [-0.39, 0.29) is 19.5 Å². The standard InChI is InChI=1S/2C11H25PS2.Zn/c2*1-3-5-7-8-9-11-12(13,14)10-6-4-2;/h2*3-11H2,1-2H3,(H,13,14);/q;;+2/p-2. The fourth-order valence-corrected chi connectivity index (χ4v) is 9.49. The normalized spacial score (nSPS) is 14.8. The van der Waals surface area contributed by atoms with Gasteiger partial charge in [0.2, 0.25) is 0 Å². The molecule has 0 amide bonds. The van der Waals surface area contributed by atoms with Crippen LogP contribution in [0.15, 0.2) is 0 Å². The molecule has 0 fully saturated rings. The predicted octanol–water partition coefficient (Wildman–Crippen LogP) is 9.39. The van der Waals surface area contributed by atoms with Crippen molar-refractivity contribution in [3.05, 3.63) is 0 Å². The number of rotatable bonds is 18. The minimum Gasteiger partial charge on any atom is -0.746 e. The third kappa shape index (κ3) is 30.6. The van der Waals surface area contributed by atoms with Crippen molar-refractivity contribution < 1.29 is 19.5 Å². The van der Waals surface area contributed by atoms with Crippen molar-refractivity contribution in [1.82, 2.24) is 0 Å². The zero-order valence-electron chi connectivity index (χ0n) is 20.0. The van der Waals surface area contributed by atoms with Crippen molar-refractivity contribution in [1.29, 1.82) is 0 Å². The first-order valence-electron chi connectivity index (χ1n) is 11.8. The number of hydrogen-bond donors (Lipinski definition) is 0. The van der Waals surface area contributed by atoms with Crippen LogP contribution in [0.3, 0.4) is 0 Å². The summed E-state index contributed by atoms with van der Waals surface area (Å²) >= 11 is 22.1. The molecule has 0 bridgehead atoms. The van der Waals surface area contributed by atoms with Gasteiger partial charge in [-0.3, -0.25) is 0 Å². The molecule has 0 aliphatic rings. The summed E-state index contributed by atoms with van der Waals surface area (Å²) in [5, 5.41) is -2.68. The molecule has 0 N–H and O–H groups in total. The zero-order valence-corrected chi connectivity index (χ0v) is 28.0. The molecular weight excluding hydrogens is 520 g/mol. The van der Waals surface area contributed by atoms with E-state index in [0.717, 1.165) is 12.3 Å². The van der Waals surface area contributed by atoms with E-state index in [2.05, 4.69) is 27.7 Å². The summed E-state index contributed by atoms with van der Waals surface area (Å²) in [6.07, 6.45) is 23.0. The third-order valence-electron chi connectivity index (χ3n) is 4.91. The van der Waals surface area contributed by atoms with E-state index >= 15 is 0 Å². The molecule has 0 aromatic rings. The Morgan fingerprint density at radius 2 is 0.690 bits per heavy atom. The molecule has 0 aliphatic heterocycles. The Hall–Kier alpha value is 2.62. The first-order chi connectivity index (χ1) is 13.2. The van der Waals surface area contributed by atoms with E-state index < -0.39 is 10.5 Å². The van der Waals surface area contributed by atoms with E-state index in [4.69, 9.17) is 48.1 Å². The minimum absolute atomic E-state index is 0. The fraction of sp³-hybridized carbons (Fsp3) is 1.00. The Morgan fingerprint density at radius 1 is 0.448 bits per heavy atom. The van der Waals surface area contributed by atoms with Gasteiger partial charge in [-0.25, -0.2) is 0 Å². The van der Waals surface area contributed by atoms with Crippen molar-refractivity contribution in [3.63, 3.8) is 0 Å². The molecule has 0 spiro atoms. The molecule has 172 valence electrons. The molecule has 7 heteroatoms. The van der Waals surface area contributed by atoms with Crippen LogP contribution < -0.4 is 0 Å². The molecule has 0 rings (SSSR count). The quantitative estimate of drug-likeness (QED) is 0.0699. The van der Waals surface area contributed by atoms with Gasteiger partial charge in [0.1, 0.15) is 0 Å². The molecule has 2 atom stereocenters. The number of hydrogen-bond acceptors (Lipinski definition) is 4. The molecule has 0 radical (unpaired) electrons. The van der Waals surface area contributed by atoms with Crippen molar-refractivity contribution in [2.75, 3.05) is 24.6 Å². The molecule has 0 aromatic heterocycles. The van der Waals surface area contributed by atoms with Crippen LogP contribution in [-0.2, 0) is 67.6 Å². The summed E-state index contributed by atoms with van der Waals surface area (Å²) in [7, 11) is 0. The van der Waals surface area contributed by atoms with Crippen LogP contribution in [0.4, 0.5) is 0 Å². The summed E-state index contributed by atoms with van der Waals surface area (Å²) in [4.78, 5) is 0. The molecule has 29 heavy (non-hydrogen) atoms. The van der Waals surface area contributed by atoms with Crippen LogP contribution >= 0.6 is 10.5 Å². The fourth-order valence-electron chi connectivity index (χ4n) is 2.93. The van der Waals surface area contributed by atoms with E-state index in [1.165, 1.54) is 102 Å². The molecule has 0 aliphatic carbocycles. The van der Waals surface area contributed by atoms with Gasteiger partial charge in [-0.1, -0.05) is 118 Å². The van der Waals surface area contributed by atoms with Gasteiger partial charge in [-0.2, -0.15) is 10.5 Å². The van der Waals surface area contributed by atoms with Crippen LogP contribution in [0, 0.1) is 0 Å². The number of unbranched alkanes of at least 4 members (excludes halogenated alkanes) is 10. The second-order valence-electron chi connectivity index (χ2n) is 8.06. The summed E-state index contributed by atoms with van der Waals surface area (Å²) in [5.41, 5.74) is 0. The van der Waals surface area contributed by atoms with E-state index in [1.54, 1.807) is 0 Å². The molecular formula is C22H48P2S4Zn. The van der Waals surface area contributed by atoms with Crippen molar-refractivity contribution >= 4 is 58.6 Å². The first-order valence-corrected chi connectivity index (χ1v) is 20.2. The molecule has 0 heterocycles. The van der Waals surface area contributed by atoms with Gasteiger partial charge in [0.15, 0.2) is 0 Å². The average molecular weight is 568 g/mol. The maximum Gasteiger partial charge on any atom is 2.00 e. The van der Waals surface area contributed by atoms with Gasteiger partial charge < -0.3 is 24.5 Å². The van der Waals surface area contributed by atoms with Gasteiger partial charge in [0.05, 0.1) is 0 Å². The maximum absolute atomic E-state index is 5.51. The second-order valence-corrected chi connectivity index (χ2v) is 22.9. The molecule has 0 aromatic carbocycles. The second kappa shape index (κ2) is 25.3. The van der Waals surface area contributed by atoms with Gasteiger partial charge in [0.25, 0.3) is 0 Å². The smallest absolute Gasteiger partial charge is 0.746 e. The van der Waals surface area contributed by atoms with Crippen LogP contribution in [0.5, 0.6) is 0 Å². The maximum atomic E-state index is 5.51. The summed E-state index contributed by atoms with van der Waals surface area (Å²) < 4.78 is 0. The van der Waals surface area contributed by atoms with Crippen LogP contribution in [0.2, 0.25) is 0 Å². The Kier molecular flexibility index (Phi) is 31.5. The zero-order chi connectivity index (χ0) is 21.7. The van der Waals surface area contributed by atoms with Crippen LogP contribution in [0.25, 0.3) is 0 Å². The van der Waals surface area contributed by atoms with E-state index in [0.29, 0.717) is 0 Å². The summed E-state index contributed by atoms with van der Waals surface area (Å²) in [6.45, 7) is 8.93. The third-order valence-corrected chi connectivity index (χ3v) is 13.3. The van der Waals surface area contributed by atoms with Gasteiger partial charge >= 0.3 is 19.5 Å². The monoisotopic (exact) mass is 566 g/mol. The Bertz CT molecular complexity index is 382. The van der Waals surface area contributed by atoms with E-state index in [1.807, 2.05) is 0 Å². The van der Waals surface area contributed by atoms with Gasteiger partial charge in [-0.05, 0) is 24.6 Å². The topological polar surface area (TPSA) is 0 Å². The largest absolute Gasteiger partial charge is 2.00 e. The molecule has 0 saturated heterocycles. The Balaban J connectivity index is -0.000000451. The van der Waals surface area contributed by atoms with E-state index in [9.17, 15) is 0 Å².